The van der Waals surface area contributed by atoms with Crippen LogP contribution in [0.1, 0.15) is 31.7 Å². The molecule has 0 radical (unpaired) electrons. The van der Waals surface area contributed by atoms with Gasteiger partial charge in [-0.2, -0.15) is 0 Å². The first kappa shape index (κ1) is 21.9. The minimum atomic E-state index is -0.763. The van der Waals surface area contributed by atoms with Crippen molar-refractivity contribution in [2.24, 2.45) is 0 Å². The lowest BCUT2D eigenvalue weighted by Crippen LogP contribution is -1.94. The molecule has 0 atom stereocenters. The van der Waals surface area contributed by atoms with Crippen molar-refractivity contribution in [3.8, 4) is 28.0 Å². The maximum atomic E-state index is 15.3. The lowest BCUT2D eigenvalue weighted by atomic mass is 9.96. The highest BCUT2D eigenvalue weighted by Crippen LogP contribution is 2.33. The highest BCUT2D eigenvalue weighted by Gasteiger charge is 2.14. The van der Waals surface area contributed by atoms with E-state index in [1.807, 2.05) is 18.2 Å². The van der Waals surface area contributed by atoms with E-state index < -0.39 is 17.4 Å². The maximum Gasteiger partial charge on any atom is 0.190 e. The fourth-order valence-corrected chi connectivity index (χ4v) is 4.06. The normalized spacial score (nSPS) is 11.2. The third-order valence-corrected chi connectivity index (χ3v) is 5.82. The number of hydrogen-bond donors (Lipinski definition) is 0. The van der Waals surface area contributed by atoms with E-state index in [-0.39, 0.29) is 5.82 Å². The highest BCUT2D eigenvalue weighted by molar-refractivity contribution is 5.89. The summed E-state index contributed by atoms with van der Waals surface area (Å²) in [5.41, 5.74) is 3.44. The van der Waals surface area contributed by atoms with Crippen LogP contribution < -0.4 is 4.74 Å². The molecule has 0 fully saturated rings. The molecule has 4 aromatic carbocycles. The van der Waals surface area contributed by atoms with Gasteiger partial charge in [-0.1, -0.05) is 74.4 Å². The molecule has 0 aliphatic carbocycles. The Labute approximate surface area is 186 Å². The largest absolute Gasteiger partial charge is 0.491 e. The average Bonchev–Trinajstić information content (AvgIpc) is 2.79. The second-order valence-corrected chi connectivity index (χ2v) is 7.99. The zero-order chi connectivity index (χ0) is 22.7. The van der Waals surface area contributed by atoms with Crippen molar-refractivity contribution in [3.05, 3.63) is 89.7 Å². The average molecular weight is 435 g/mol. The molecule has 0 unspecified atom stereocenters. The van der Waals surface area contributed by atoms with Gasteiger partial charge in [-0.25, -0.2) is 13.2 Å². The molecule has 1 nitrogen and oxygen atoms in total. The van der Waals surface area contributed by atoms with Crippen molar-refractivity contribution in [3.63, 3.8) is 0 Å². The minimum absolute atomic E-state index is 0.267. The van der Waals surface area contributed by atoms with E-state index in [1.54, 1.807) is 30.3 Å². The second kappa shape index (κ2) is 9.47. The Balaban J connectivity index is 1.63. The monoisotopic (exact) mass is 434 g/mol. The van der Waals surface area contributed by atoms with Gasteiger partial charge in [0, 0.05) is 10.9 Å². The van der Waals surface area contributed by atoms with Gasteiger partial charge in [0.2, 0.25) is 0 Å². The van der Waals surface area contributed by atoms with E-state index in [0.29, 0.717) is 27.6 Å². The highest BCUT2D eigenvalue weighted by atomic mass is 19.1. The zero-order valence-electron chi connectivity index (χ0n) is 18.2. The Morgan fingerprint density at radius 3 is 2.06 bits per heavy atom. The number of rotatable bonds is 7. The Bertz CT molecular complexity index is 1220. The van der Waals surface area contributed by atoms with Gasteiger partial charge in [0.05, 0.1) is 7.11 Å². The van der Waals surface area contributed by atoms with Crippen molar-refractivity contribution in [2.75, 3.05) is 7.11 Å². The van der Waals surface area contributed by atoms with Crippen LogP contribution in [0.15, 0.2) is 66.7 Å². The number of hydrogen-bond acceptors (Lipinski definition) is 1. The van der Waals surface area contributed by atoms with Gasteiger partial charge in [-0.05, 0) is 52.6 Å². The Hall–Kier alpha value is -3.27. The standard InChI is InChI=1S/C28H25F3O/c1-3-4-5-6-18-7-13-24-21(15-18)12-14-23(27(24)31)20-10-8-19(9-11-20)22-16-25(29)28(32-2)26(30)17-22/h7-17H,3-6H2,1-2H3. The smallest absolute Gasteiger partial charge is 0.190 e. The first-order chi connectivity index (χ1) is 15.5. The van der Waals surface area contributed by atoms with Gasteiger partial charge in [-0.3, -0.25) is 0 Å². The molecule has 0 heterocycles. The molecule has 32 heavy (non-hydrogen) atoms. The summed E-state index contributed by atoms with van der Waals surface area (Å²) in [5, 5.41) is 1.48. The molecule has 0 aliphatic heterocycles. The lowest BCUT2D eigenvalue weighted by molar-refractivity contribution is 0.360. The van der Waals surface area contributed by atoms with Crippen LogP contribution in [0.25, 0.3) is 33.0 Å². The van der Waals surface area contributed by atoms with Crippen LogP contribution >= 0.6 is 0 Å². The zero-order valence-corrected chi connectivity index (χ0v) is 18.2. The molecule has 0 aliphatic rings. The topological polar surface area (TPSA) is 9.23 Å². The van der Waals surface area contributed by atoms with E-state index in [4.69, 9.17) is 4.74 Å². The number of methoxy groups -OCH3 is 1. The summed E-state index contributed by atoms with van der Waals surface area (Å²) in [6.07, 6.45) is 4.50. The van der Waals surface area contributed by atoms with Crippen LogP contribution in [0.4, 0.5) is 13.2 Å². The molecule has 0 bridgehead atoms. The van der Waals surface area contributed by atoms with Crippen LogP contribution in [0, 0.1) is 17.5 Å². The van der Waals surface area contributed by atoms with E-state index in [1.165, 1.54) is 37.6 Å². The maximum absolute atomic E-state index is 15.3. The second-order valence-electron chi connectivity index (χ2n) is 7.99. The van der Waals surface area contributed by atoms with Crippen molar-refractivity contribution < 1.29 is 17.9 Å². The van der Waals surface area contributed by atoms with Crippen molar-refractivity contribution in [1.82, 2.24) is 0 Å². The van der Waals surface area contributed by atoms with Gasteiger partial charge < -0.3 is 4.74 Å². The minimum Gasteiger partial charge on any atom is -0.491 e. The van der Waals surface area contributed by atoms with E-state index in [2.05, 4.69) is 13.0 Å². The molecule has 0 saturated carbocycles. The number of halogens is 3. The molecule has 0 N–H and O–H groups in total. The summed E-state index contributed by atoms with van der Waals surface area (Å²) < 4.78 is 48.1. The van der Waals surface area contributed by atoms with Gasteiger partial charge >= 0.3 is 0 Å². The van der Waals surface area contributed by atoms with Gasteiger partial charge in [0.1, 0.15) is 5.82 Å². The van der Waals surface area contributed by atoms with Crippen molar-refractivity contribution >= 4 is 10.8 Å². The van der Waals surface area contributed by atoms with Crippen LogP contribution in [0.3, 0.4) is 0 Å². The number of aryl methyl sites for hydroxylation is 1. The fourth-order valence-electron chi connectivity index (χ4n) is 4.06. The predicted octanol–water partition coefficient (Wildman–Crippen LogP) is 8.33. The van der Waals surface area contributed by atoms with Crippen LogP contribution in [-0.2, 0) is 6.42 Å². The van der Waals surface area contributed by atoms with Gasteiger partial charge in [-0.15, -0.1) is 0 Å². The summed E-state index contributed by atoms with van der Waals surface area (Å²) in [6.45, 7) is 2.18. The molecule has 0 saturated heterocycles. The first-order valence-corrected chi connectivity index (χ1v) is 10.9. The van der Waals surface area contributed by atoms with E-state index in [9.17, 15) is 8.78 Å². The molecule has 0 spiro atoms. The summed E-state index contributed by atoms with van der Waals surface area (Å²) in [7, 11) is 1.22. The molecule has 0 amide bonds. The van der Waals surface area contributed by atoms with Gasteiger partial charge in [0.15, 0.2) is 17.4 Å². The van der Waals surface area contributed by atoms with Crippen molar-refractivity contribution in [1.29, 1.82) is 0 Å². The van der Waals surface area contributed by atoms with E-state index in [0.717, 1.165) is 18.2 Å². The van der Waals surface area contributed by atoms with Gasteiger partial charge in [0.25, 0.3) is 0 Å². The Morgan fingerprint density at radius 1 is 0.719 bits per heavy atom. The molecule has 164 valence electrons. The van der Waals surface area contributed by atoms with Crippen molar-refractivity contribution in [2.45, 2.75) is 32.6 Å². The quantitative estimate of drug-likeness (QED) is 0.266. The third kappa shape index (κ3) is 4.36. The van der Waals surface area contributed by atoms with Crippen LogP contribution in [0.5, 0.6) is 5.75 Å². The molecule has 4 heteroatoms. The molecule has 0 aromatic heterocycles. The molecule has 4 rings (SSSR count). The molecule has 4 aromatic rings. The predicted molar refractivity (Wildman–Crippen MR) is 124 cm³/mol. The summed E-state index contributed by atoms with van der Waals surface area (Å²) >= 11 is 0. The Kier molecular flexibility index (Phi) is 6.50. The summed E-state index contributed by atoms with van der Waals surface area (Å²) in [5.74, 6) is -2.20. The van der Waals surface area contributed by atoms with E-state index >= 15 is 4.39 Å². The number of benzene rings is 4. The fraction of sp³-hybridized carbons (Fsp3) is 0.214. The lowest BCUT2D eigenvalue weighted by Gasteiger charge is -2.11. The third-order valence-electron chi connectivity index (χ3n) is 5.82. The van der Waals surface area contributed by atoms with Crippen LogP contribution in [-0.4, -0.2) is 7.11 Å². The summed E-state index contributed by atoms with van der Waals surface area (Å²) in [4.78, 5) is 0. The number of ether oxygens (including phenoxy) is 1. The summed E-state index contributed by atoms with van der Waals surface area (Å²) in [6, 6.07) is 19.1. The molecular formula is C28H25F3O. The Morgan fingerprint density at radius 2 is 1.41 bits per heavy atom. The number of unbranched alkanes of at least 4 members (excludes halogenated alkanes) is 2. The molecular weight excluding hydrogens is 409 g/mol. The SMILES string of the molecule is CCCCCc1ccc2c(F)c(-c3ccc(-c4cc(F)c(OC)c(F)c4)cc3)ccc2c1. The number of fused-ring (bicyclic) bond motifs is 1. The first-order valence-electron chi connectivity index (χ1n) is 10.9. The van der Waals surface area contributed by atoms with Crippen LogP contribution in [0.2, 0.25) is 0 Å².